The maximum atomic E-state index is 6.17. The van der Waals surface area contributed by atoms with Crippen LogP contribution in [0.15, 0.2) is 0 Å². The van der Waals surface area contributed by atoms with Gasteiger partial charge in [0.2, 0.25) is 0 Å². The van der Waals surface area contributed by atoms with Gasteiger partial charge in [0.1, 0.15) is 0 Å². The zero-order valence-electron chi connectivity index (χ0n) is 9.79. The molecule has 1 fully saturated rings. The van der Waals surface area contributed by atoms with Crippen molar-refractivity contribution in [2.75, 3.05) is 20.1 Å². The highest BCUT2D eigenvalue weighted by Crippen LogP contribution is 2.21. The lowest BCUT2D eigenvalue weighted by atomic mass is 9.90. The molecule has 0 aliphatic carbocycles. The minimum Gasteiger partial charge on any atom is -0.327 e. The summed E-state index contributed by atoms with van der Waals surface area (Å²) in [5.41, 5.74) is 12.0. The minimum atomic E-state index is -0.0673. The van der Waals surface area contributed by atoms with E-state index < -0.39 is 0 Å². The maximum Gasteiger partial charge on any atom is 0.00976 e. The van der Waals surface area contributed by atoms with Crippen molar-refractivity contribution in [1.29, 1.82) is 0 Å². The average molecular weight is 199 g/mol. The first kappa shape index (κ1) is 12.0. The molecular weight excluding hydrogens is 174 g/mol. The number of likely N-dealkylation sites (tertiary alicyclic amines) is 1. The average Bonchev–Trinajstić information content (AvgIpc) is 2.46. The molecule has 1 saturated heterocycles. The highest BCUT2D eigenvalue weighted by atomic mass is 15.1. The summed E-state index contributed by atoms with van der Waals surface area (Å²) in [5.74, 6) is 0.683. The van der Waals surface area contributed by atoms with Gasteiger partial charge in [-0.05, 0) is 52.6 Å². The molecule has 3 heteroatoms. The molecule has 0 aromatic carbocycles. The van der Waals surface area contributed by atoms with Crippen molar-refractivity contribution in [3.63, 3.8) is 0 Å². The van der Waals surface area contributed by atoms with Crippen molar-refractivity contribution in [3.8, 4) is 0 Å². The second-order valence-corrected chi connectivity index (χ2v) is 5.50. The summed E-state index contributed by atoms with van der Waals surface area (Å²) in [7, 11) is 2.17. The van der Waals surface area contributed by atoms with E-state index in [1.165, 1.54) is 13.0 Å². The third-order valence-corrected chi connectivity index (χ3v) is 3.16. The number of hydrogen-bond acceptors (Lipinski definition) is 3. The van der Waals surface area contributed by atoms with E-state index in [4.69, 9.17) is 11.5 Å². The predicted molar refractivity (Wildman–Crippen MR) is 61.1 cm³/mol. The molecule has 3 nitrogen and oxygen atoms in total. The Balaban J connectivity index is 2.25. The minimum absolute atomic E-state index is 0.0673. The van der Waals surface area contributed by atoms with E-state index in [1.807, 2.05) is 0 Å². The quantitative estimate of drug-likeness (QED) is 0.703. The molecule has 0 spiro atoms. The molecule has 1 aliphatic rings. The Kier molecular flexibility index (Phi) is 3.93. The molecule has 2 atom stereocenters. The summed E-state index contributed by atoms with van der Waals surface area (Å²) in [6.07, 6.45) is 3.33. The Morgan fingerprint density at radius 3 is 2.57 bits per heavy atom. The Hall–Kier alpha value is -0.120. The predicted octanol–water partition coefficient (Wildman–Crippen LogP) is 0.783. The Labute approximate surface area is 87.8 Å². The van der Waals surface area contributed by atoms with E-state index in [-0.39, 0.29) is 5.54 Å². The van der Waals surface area contributed by atoms with Crippen LogP contribution in [0.3, 0.4) is 0 Å². The lowest BCUT2D eigenvalue weighted by Crippen LogP contribution is -2.37. The van der Waals surface area contributed by atoms with Gasteiger partial charge >= 0.3 is 0 Å². The SMILES string of the molecule is CN1CCC(C(N)CCC(C)(C)N)C1. The molecule has 2 unspecified atom stereocenters. The Bertz CT molecular complexity index is 174. The van der Waals surface area contributed by atoms with Crippen LogP contribution in [0.2, 0.25) is 0 Å². The third-order valence-electron chi connectivity index (χ3n) is 3.16. The fourth-order valence-electron chi connectivity index (χ4n) is 2.09. The normalized spacial score (nSPS) is 26.8. The molecule has 4 N–H and O–H groups in total. The number of rotatable bonds is 4. The van der Waals surface area contributed by atoms with Crippen LogP contribution in [0.4, 0.5) is 0 Å². The van der Waals surface area contributed by atoms with Crippen LogP contribution in [0.25, 0.3) is 0 Å². The summed E-state index contributed by atoms with van der Waals surface area (Å²) < 4.78 is 0. The van der Waals surface area contributed by atoms with Crippen molar-refractivity contribution in [1.82, 2.24) is 4.90 Å². The second-order valence-electron chi connectivity index (χ2n) is 5.50. The molecule has 84 valence electrons. The fraction of sp³-hybridized carbons (Fsp3) is 1.00. The molecule has 0 aromatic heterocycles. The smallest absolute Gasteiger partial charge is 0.00976 e. The zero-order valence-corrected chi connectivity index (χ0v) is 9.79. The van der Waals surface area contributed by atoms with Gasteiger partial charge in [0.15, 0.2) is 0 Å². The molecule has 0 amide bonds. The van der Waals surface area contributed by atoms with Crippen molar-refractivity contribution in [2.24, 2.45) is 17.4 Å². The summed E-state index contributed by atoms with van der Waals surface area (Å²) in [5, 5.41) is 0. The van der Waals surface area contributed by atoms with E-state index in [2.05, 4.69) is 25.8 Å². The van der Waals surface area contributed by atoms with Crippen LogP contribution in [0, 0.1) is 5.92 Å². The van der Waals surface area contributed by atoms with Gasteiger partial charge in [-0.1, -0.05) is 0 Å². The highest BCUT2D eigenvalue weighted by molar-refractivity contribution is 4.84. The third kappa shape index (κ3) is 3.95. The molecule has 0 bridgehead atoms. The van der Waals surface area contributed by atoms with Gasteiger partial charge in [-0.25, -0.2) is 0 Å². The van der Waals surface area contributed by atoms with Crippen LogP contribution < -0.4 is 11.5 Å². The van der Waals surface area contributed by atoms with Gasteiger partial charge in [0.25, 0.3) is 0 Å². The maximum absolute atomic E-state index is 6.17. The lowest BCUT2D eigenvalue weighted by Gasteiger charge is -2.24. The first-order valence-electron chi connectivity index (χ1n) is 5.61. The standard InChI is InChI=1S/C11H25N3/c1-11(2,13)6-4-10(12)9-5-7-14(3)8-9/h9-10H,4-8,12-13H2,1-3H3. The van der Waals surface area contributed by atoms with Crippen molar-refractivity contribution < 1.29 is 0 Å². The van der Waals surface area contributed by atoms with Crippen LogP contribution in [-0.4, -0.2) is 36.6 Å². The van der Waals surface area contributed by atoms with Gasteiger partial charge in [-0.2, -0.15) is 0 Å². The first-order chi connectivity index (χ1) is 6.38. The van der Waals surface area contributed by atoms with Gasteiger partial charge in [-0.15, -0.1) is 0 Å². The Morgan fingerprint density at radius 2 is 2.14 bits per heavy atom. The van der Waals surface area contributed by atoms with Gasteiger partial charge in [0.05, 0.1) is 0 Å². The van der Waals surface area contributed by atoms with E-state index in [9.17, 15) is 0 Å². The topological polar surface area (TPSA) is 55.3 Å². The molecule has 1 rings (SSSR count). The molecule has 0 aromatic rings. The van der Waals surface area contributed by atoms with E-state index in [0.29, 0.717) is 12.0 Å². The molecule has 1 aliphatic heterocycles. The summed E-state index contributed by atoms with van der Waals surface area (Å²) in [6.45, 7) is 6.50. The van der Waals surface area contributed by atoms with Crippen LogP contribution in [0.1, 0.15) is 33.1 Å². The van der Waals surface area contributed by atoms with E-state index in [1.54, 1.807) is 0 Å². The van der Waals surface area contributed by atoms with Gasteiger partial charge in [0, 0.05) is 18.1 Å². The zero-order chi connectivity index (χ0) is 10.8. The monoisotopic (exact) mass is 199 g/mol. The highest BCUT2D eigenvalue weighted by Gasteiger charge is 2.26. The number of nitrogens with two attached hydrogens (primary N) is 2. The van der Waals surface area contributed by atoms with Crippen molar-refractivity contribution >= 4 is 0 Å². The van der Waals surface area contributed by atoms with E-state index >= 15 is 0 Å². The van der Waals surface area contributed by atoms with E-state index in [0.717, 1.165) is 19.4 Å². The summed E-state index contributed by atoms with van der Waals surface area (Å²) in [6, 6.07) is 0.336. The largest absolute Gasteiger partial charge is 0.327 e. The first-order valence-corrected chi connectivity index (χ1v) is 5.61. The molecule has 0 radical (unpaired) electrons. The van der Waals surface area contributed by atoms with Gasteiger partial charge < -0.3 is 16.4 Å². The van der Waals surface area contributed by atoms with Crippen LogP contribution >= 0.6 is 0 Å². The molecule has 14 heavy (non-hydrogen) atoms. The number of hydrogen-bond donors (Lipinski definition) is 2. The molecular formula is C11H25N3. The fourth-order valence-corrected chi connectivity index (χ4v) is 2.09. The number of nitrogens with zero attached hydrogens (tertiary/aromatic N) is 1. The second kappa shape index (κ2) is 4.60. The summed E-state index contributed by atoms with van der Waals surface area (Å²) >= 11 is 0. The van der Waals surface area contributed by atoms with Crippen LogP contribution in [0.5, 0.6) is 0 Å². The van der Waals surface area contributed by atoms with Crippen LogP contribution in [-0.2, 0) is 0 Å². The van der Waals surface area contributed by atoms with Crippen molar-refractivity contribution in [3.05, 3.63) is 0 Å². The summed E-state index contributed by atoms with van der Waals surface area (Å²) in [4.78, 5) is 2.36. The lowest BCUT2D eigenvalue weighted by molar-refractivity contribution is 0.338. The Morgan fingerprint density at radius 1 is 1.50 bits per heavy atom. The molecule has 1 heterocycles. The molecule has 0 saturated carbocycles. The van der Waals surface area contributed by atoms with Gasteiger partial charge in [-0.3, -0.25) is 0 Å². The van der Waals surface area contributed by atoms with Crippen molar-refractivity contribution in [2.45, 2.75) is 44.7 Å².